The number of rotatable bonds is 0. The molecule has 0 fully saturated rings. The third-order valence-electron chi connectivity index (χ3n) is 0.556. The third-order valence-corrected chi connectivity index (χ3v) is 0.556. The fraction of sp³-hybridized carbons (Fsp3) is 0.571. The van der Waals surface area contributed by atoms with Crippen LogP contribution in [0.3, 0.4) is 0 Å². The molecule has 0 bridgehead atoms. The van der Waals surface area contributed by atoms with Crippen molar-refractivity contribution in [2.24, 2.45) is 0 Å². The summed E-state index contributed by atoms with van der Waals surface area (Å²) in [4.78, 5) is 0. The van der Waals surface area contributed by atoms with Gasteiger partial charge < -0.3 is 22.9 Å². The van der Waals surface area contributed by atoms with Crippen molar-refractivity contribution >= 4 is 0 Å². The maximum absolute atomic E-state index is 3.50. The summed E-state index contributed by atoms with van der Waals surface area (Å²) < 4.78 is 0. The van der Waals surface area contributed by atoms with Crippen molar-refractivity contribution in [2.45, 2.75) is 13.3 Å². The van der Waals surface area contributed by atoms with Crippen LogP contribution < -0.4 is 0 Å². The molecule has 0 aliphatic rings. The van der Waals surface area contributed by atoms with Gasteiger partial charge in [0.25, 0.3) is 0 Å². The van der Waals surface area contributed by atoms with Crippen LogP contribution in [0.2, 0.25) is 0 Å². The second kappa shape index (κ2) is 53.5. The van der Waals surface area contributed by atoms with Crippen molar-refractivity contribution < 1.29 is 26.2 Å². The van der Waals surface area contributed by atoms with Gasteiger partial charge in [-0.25, -0.2) is 12.1 Å². The first-order chi connectivity index (χ1) is 8.16. The Morgan fingerprint density at radius 3 is 1.06 bits per heavy atom. The minimum Gasteiger partial charge on any atom is -0.668 e. The van der Waals surface area contributed by atoms with Gasteiger partial charge in [0.05, 0.1) is 0 Å². The van der Waals surface area contributed by atoms with E-state index < -0.39 is 0 Å². The van der Waals surface area contributed by atoms with Gasteiger partial charge in [-0.3, -0.25) is 0 Å². The average molecular weight is 332 g/mol. The molecule has 0 aliphatic heterocycles. The molecular formula is C14H30N3Zr-5. The molecule has 1 aromatic carbocycles. The third kappa shape index (κ3) is 141. The van der Waals surface area contributed by atoms with Gasteiger partial charge in [-0.05, 0) is 0 Å². The molecule has 3 nitrogen and oxygen atoms in total. The van der Waals surface area contributed by atoms with E-state index in [9.17, 15) is 0 Å². The molecular weight excluding hydrogens is 301 g/mol. The summed E-state index contributed by atoms with van der Waals surface area (Å²) in [5, 5.41) is 10.5. The van der Waals surface area contributed by atoms with Gasteiger partial charge in [-0.2, -0.15) is 66.9 Å². The van der Waals surface area contributed by atoms with Crippen LogP contribution in [-0.2, 0) is 26.2 Å². The SMILES string of the molecule is C[N-]C.C[N-]C.C[N-]C.[CH2-]CC.[Zr].c1cc[cH-]c1. The van der Waals surface area contributed by atoms with E-state index in [1.54, 1.807) is 42.3 Å². The molecule has 0 radical (unpaired) electrons. The maximum Gasteiger partial charge on any atom is 0 e. The predicted octanol–water partition coefficient (Wildman–Crippen LogP) is 4.49. The first-order valence-electron chi connectivity index (χ1n) is 5.56. The van der Waals surface area contributed by atoms with Gasteiger partial charge in [-0.15, -0.1) is 0 Å². The fourth-order valence-electron chi connectivity index (χ4n) is 0.321. The average Bonchev–Trinajstić information content (AvgIpc) is 2.79. The Balaban J connectivity index is -0.0000000398. The summed E-state index contributed by atoms with van der Waals surface area (Å²) in [7, 11) is 10.5. The molecule has 0 unspecified atom stereocenters. The number of hydrogen-bond acceptors (Lipinski definition) is 0. The summed E-state index contributed by atoms with van der Waals surface area (Å²) in [6.45, 7) is 5.50. The quantitative estimate of drug-likeness (QED) is 0.629. The maximum atomic E-state index is 3.50. The second-order valence-electron chi connectivity index (χ2n) is 2.80. The topological polar surface area (TPSA) is 42.3 Å². The zero-order chi connectivity index (χ0) is 14.4. The molecule has 0 spiro atoms. The summed E-state index contributed by atoms with van der Waals surface area (Å²) >= 11 is 0. The van der Waals surface area contributed by atoms with Crippen LogP contribution in [0.5, 0.6) is 0 Å². The van der Waals surface area contributed by atoms with Gasteiger partial charge >= 0.3 is 0 Å². The molecule has 1 rings (SSSR count). The van der Waals surface area contributed by atoms with Crippen LogP contribution in [-0.4, -0.2) is 42.3 Å². The van der Waals surface area contributed by atoms with Crippen LogP contribution in [0.25, 0.3) is 16.0 Å². The summed E-state index contributed by atoms with van der Waals surface area (Å²) in [6, 6.07) is 10.0. The van der Waals surface area contributed by atoms with Crippen molar-refractivity contribution in [3.05, 3.63) is 53.2 Å². The Labute approximate surface area is 135 Å². The van der Waals surface area contributed by atoms with E-state index in [4.69, 9.17) is 0 Å². The van der Waals surface area contributed by atoms with Crippen LogP contribution in [0, 0.1) is 6.92 Å². The van der Waals surface area contributed by atoms with Crippen molar-refractivity contribution in [1.82, 2.24) is 0 Å². The Bertz CT molecular complexity index is 108. The molecule has 4 heteroatoms. The van der Waals surface area contributed by atoms with Gasteiger partial charge in [-0.1, -0.05) is 6.92 Å². The largest absolute Gasteiger partial charge is 0.668 e. The van der Waals surface area contributed by atoms with E-state index in [0.29, 0.717) is 0 Å². The Kier molecular flexibility index (Phi) is 91.7. The summed E-state index contributed by atoms with van der Waals surface area (Å²) in [5.74, 6) is 0. The molecule has 0 heterocycles. The molecule has 1 aromatic rings. The molecule has 0 atom stereocenters. The van der Waals surface area contributed by atoms with Gasteiger partial charge in [0, 0.05) is 26.2 Å². The van der Waals surface area contributed by atoms with E-state index in [0.717, 1.165) is 6.42 Å². The van der Waals surface area contributed by atoms with Crippen molar-refractivity contribution in [1.29, 1.82) is 0 Å². The zero-order valence-corrected chi connectivity index (χ0v) is 15.6. The van der Waals surface area contributed by atoms with E-state index in [2.05, 4.69) is 22.9 Å². The standard InChI is InChI=1S/C5H5.C3H7.3C2H6N.Zr/c1-2-4-5-3-1;4*1-3-2;/h1-5H;1,3H2,2H3;3*1-2H3;/q5*-1;. The summed E-state index contributed by atoms with van der Waals surface area (Å²) in [6.07, 6.45) is 1.00. The molecule has 0 amide bonds. The van der Waals surface area contributed by atoms with Crippen molar-refractivity contribution in [2.75, 3.05) is 42.3 Å². The smallest absolute Gasteiger partial charge is 0 e. The van der Waals surface area contributed by atoms with Crippen LogP contribution in [0.4, 0.5) is 0 Å². The van der Waals surface area contributed by atoms with Gasteiger partial charge in [0.15, 0.2) is 0 Å². The zero-order valence-electron chi connectivity index (χ0n) is 13.1. The molecule has 110 valence electrons. The Morgan fingerprint density at radius 2 is 1.00 bits per heavy atom. The van der Waals surface area contributed by atoms with E-state index >= 15 is 0 Å². The van der Waals surface area contributed by atoms with Crippen molar-refractivity contribution in [3.63, 3.8) is 0 Å². The van der Waals surface area contributed by atoms with Gasteiger partial charge in [0.2, 0.25) is 0 Å². The number of nitrogens with zero attached hydrogens (tertiary/aromatic N) is 3. The number of hydrogen-bond donors (Lipinski definition) is 0. The minimum atomic E-state index is 0. The van der Waals surface area contributed by atoms with Crippen LogP contribution in [0.1, 0.15) is 13.3 Å². The van der Waals surface area contributed by atoms with Crippen LogP contribution in [0.15, 0.2) is 30.3 Å². The van der Waals surface area contributed by atoms with Gasteiger partial charge in [0.1, 0.15) is 0 Å². The molecule has 0 N–H and O–H groups in total. The molecule has 18 heavy (non-hydrogen) atoms. The summed E-state index contributed by atoms with van der Waals surface area (Å²) in [5.41, 5.74) is 0. The molecule has 0 aliphatic carbocycles. The Hall–Kier alpha value is 0.113. The minimum absolute atomic E-state index is 0. The first kappa shape index (κ1) is 30.8. The monoisotopic (exact) mass is 330 g/mol. The molecule has 0 saturated carbocycles. The van der Waals surface area contributed by atoms with E-state index in [1.807, 2.05) is 37.3 Å². The molecule has 0 aromatic heterocycles. The first-order valence-corrected chi connectivity index (χ1v) is 5.56. The van der Waals surface area contributed by atoms with E-state index in [-0.39, 0.29) is 26.2 Å². The molecule has 0 saturated heterocycles. The second-order valence-corrected chi connectivity index (χ2v) is 2.80. The van der Waals surface area contributed by atoms with Crippen molar-refractivity contribution in [3.8, 4) is 0 Å². The predicted molar refractivity (Wildman–Crippen MR) is 83.3 cm³/mol. The fourth-order valence-corrected chi connectivity index (χ4v) is 0.321. The normalized spacial score (nSPS) is 6.22. The Morgan fingerprint density at radius 1 is 0.833 bits per heavy atom. The van der Waals surface area contributed by atoms with E-state index in [1.165, 1.54) is 0 Å². The van der Waals surface area contributed by atoms with Crippen LogP contribution >= 0.6 is 0 Å².